The molecule has 0 bridgehead atoms. The molecule has 1 N–H and O–H groups in total. The predicted octanol–water partition coefficient (Wildman–Crippen LogP) is 1.86. The fraction of sp³-hybridized carbons (Fsp3) is 0.333. The Balaban J connectivity index is 3.19. The van der Waals surface area contributed by atoms with Gasteiger partial charge in [0.05, 0.1) is 5.69 Å². The van der Waals surface area contributed by atoms with Crippen molar-refractivity contribution < 1.29 is 0 Å². The van der Waals surface area contributed by atoms with E-state index in [1.54, 1.807) is 6.33 Å². The van der Waals surface area contributed by atoms with Gasteiger partial charge in [0.15, 0.2) is 0 Å². The summed E-state index contributed by atoms with van der Waals surface area (Å²) >= 11 is 0. The van der Waals surface area contributed by atoms with Crippen molar-refractivity contribution in [2.24, 2.45) is 0 Å². The van der Waals surface area contributed by atoms with Crippen molar-refractivity contribution in [1.82, 2.24) is 9.97 Å². The molecule has 0 saturated heterocycles. The van der Waals surface area contributed by atoms with E-state index in [0.717, 1.165) is 17.1 Å². The van der Waals surface area contributed by atoms with E-state index in [9.17, 15) is 0 Å². The van der Waals surface area contributed by atoms with Crippen molar-refractivity contribution in [1.29, 1.82) is 0 Å². The number of allylic oxidation sites excluding steroid dienone is 1. The number of nitrogens with one attached hydrogen (secondary N) is 1. The Kier molecular flexibility index (Phi) is 2.80. The van der Waals surface area contributed by atoms with E-state index in [1.165, 1.54) is 0 Å². The van der Waals surface area contributed by atoms with Gasteiger partial charge in [0.25, 0.3) is 0 Å². The van der Waals surface area contributed by atoms with E-state index in [-0.39, 0.29) is 0 Å². The molecule has 0 aromatic carbocycles. The molecule has 1 rings (SSSR count). The maximum absolute atomic E-state index is 4.10. The molecule has 0 unspecified atom stereocenters. The zero-order valence-corrected chi connectivity index (χ0v) is 7.63. The first-order valence-corrected chi connectivity index (χ1v) is 3.91. The molecule has 12 heavy (non-hydrogen) atoms. The third kappa shape index (κ3) is 1.61. The van der Waals surface area contributed by atoms with Crippen LogP contribution in [0, 0.1) is 6.92 Å². The third-order valence-corrected chi connectivity index (χ3v) is 1.65. The average molecular weight is 163 g/mol. The minimum atomic E-state index is 0.876. The van der Waals surface area contributed by atoms with Crippen molar-refractivity contribution >= 4 is 11.9 Å². The van der Waals surface area contributed by atoms with Crippen LogP contribution in [0.3, 0.4) is 0 Å². The molecule has 0 aliphatic heterocycles. The molecule has 3 nitrogen and oxygen atoms in total. The molecule has 0 aliphatic rings. The van der Waals surface area contributed by atoms with Crippen LogP contribution in [-0.2, 0) is 0 Å². The number of aromatic nitrogens is 2. The zero-order chi connectivity index (χ0) is 8.97. The van der Waals surface area contributed by atoms with Gasteiger partial charge in [-0.3, -0.25) is 0 Å². The van der Waals surface area contributed by atoms with Gasteiger partial charge in [-0.15, -0.1) is 0 Å². The van der Waals surface area contributed by atoms with Gasteiger partial charge in [-0.2, -0.15) is 0 Å². The summed E-state index contributed by atoms with van der Waals surface area (Å²) in [7, 11) is 1.86. The number of rotatable bonds is 2. The molecule has 1 aromatic rings. The van der Waals surface area contributed by atoms with Gasteiger partial charge in [-0.25, -0.2) is 9.97 Å². The lowest BCUT2D eigenvalue weighted by molar-refractivity contribution is 1.09. The number of hydrogen-bond donors (Lipinski definition) is 1. The molecule has 0 amide bonds. The molecule has 0 radical (unpaired) electrons. The third-order valence-electron chi connectivity index (χ3n) is 1.65. The lowest BCUT2D eigenvalue weighted by atomic mass is 10.2. The SMILES string of the molecule is C/C=C\c1c(C)ncnc1NC. The molecule has 3 heteroatoms. The van der Waals surface area contributed by atoms with Crippen LogP contribution < -0.4 is 5.32 Å². The maximum atomic E-state index is 4.10. The topological polar surface area (TPSA) is 37.8 Å². The summed E-state index contributed by atoms with van der Waals surface area (Å²) in [5, 5.41) is 3.02. The molecular formula is C9H13N3. The van der Waals surface area contributed by atoms with Crippen LogP contribution in [-0.4, -0.2) is 17.0 Å². The lowest BCUT2D eigenvalue weighted by Crippen LogP contribution is -1.98. The van der Waals surface area contributed by atoms with Gasteiger partial charge in [0, 0.05) is 12.6 Å². The summed E-state index contributed by atoms with van der Waals surface area (Å²) < 4.78 is 0. The quantitative estimate of drug-likeness (QED) is 0.723. The monoisotopic (exact) mass is 163 g/mol. The van der Waals surface area contributed by atoms with Crippen molar-refractivity contribution in [3.05, 3.63) is 23.7 Å². The Bertz CT molecular complexity index is 292. The van der Waals surface area contributed by atoms with Gasteiger partial charge in [0.1, 0.15) is 12.1 Å². The number of hydrogen-bond acceptors (Lipinski definition) is 3. The molecule has 0 saturated carbocycles. The van der Waals surface area contributed by atoms with E-state index in [2.05, 4.69) is 15.3 Å². The first kappa shape index (κ1) is 8.71. The van der Waals surface area contributed by atoms with Crippen LogP contribution in [0.5, 0.6) is 0 Å². The molecule has 0 atom stereocenters. The fourth-order valence-electron chi connectivity index (χ4n) is 1.05. The predicted molar refractivity (Wildman–Crippen MR) is 51.0 cm³/mol. The summed E-state index contributed by atoms with van der Waals surface area (Å²) in [6, 6.07) is 0. The summed E-state index contributed by atoms with van der Waals surface area (Å²) in [5.41, 5.74) is 2.05. The normalized spacial score (nSPS) is 10.6. The van der Waals surface area contributed by atoms with Crippen molar-refractivity contribution in [2.45, 2.75) is 13.8 Å². The maximum Gasteiger partial charge on any atom is 0.136 e. The van der Waals surface area contributed by atoms with Crippen molar-refractivity contribution in [3.63, 3.8) is 0 Å². The van der Waals surface area contributed by atoms with E-state index >= 15 is 0 Å². The first-order valence-electron chi connectivity index (χ1n) is 3.91. The van der Waals surface area contributed by atoms with Crippen molar-refractivity contribution in [2.75, 3.05) is 12.4 Å². The Morgan fingerprint density at radius 3 is 2.75 bits per heavy atom. The van der Waals surface area contributed by atoms with E-state index in [0.29, 0.717) is 0 Å². The average Bonchev–Trinajstić information content (AvgIpc) is 2.09. The summed E-state index contributed by atoms with van der Waals surface area (Å²) in [5.74, 6) is 0.876. The van der Waals surface area contributed by atoms with Crippen LogP contribution in [0.2, 0.25) is 0 Å². The van der Waals surface area contributed by atoms with E-state index in [4.69, 9.17) is 0 Å². The van der Waals surface area contributed by atoms with Gasteiger partial charge in [-0.05, 0) is 13.8 Å². The molecule has 1 aromatic heterocycles. The second-order valence-corrected chi connectivity index (χ2v) is 2.47. The molecule has 0 aliphatic carbocycles. The Morgan fingerprint density at radius 1 is 1.42 bits per heavy atom. The van der Waals surface area contributed by atoms with E-state index in [1.807, 2.05) is 33.0 Å². The highest BCUT2D eigenvalue weighted by molar-refractivity contribution is 5.64. The van der Waals surface area contributed by atoms with Gasteiger partial charge >= 0.3 is 0 Å². The summed E-state index contributed by atoms with van der Waals surface area (Å²) in [6.45, 7) is 3.95. The highest BCUT2D eigenvalue weighted by Crippen LogP contribution is 2.15. The number of nitrogens with zero attached hydrogens (tertiary/aromatic N) is 2. The Labute approximate surface area is 72.6 Å². The molecule has 64 valence electrons. The molecular weight excluding hydrogens is 150 g/mol. The zero-order valence-electron chi connectivity index (χ0n) is 7.63. The minimum Gasteiger partial charge on any atom is -0.373 e. The minimum absolute atomic E-state index is 0.876. The largest absolute Gasteiger partial charge is 0.373 e. The first-order chi connectivity index (χ1) is 5.79. The Morgan fingerprint density at radius 2 is 2.17 bits per heavy atom. The second-order valence-electron chi connectivity index (χ2n) is 2.47. The van der Waals surface area contributed by atoms with Crippen LogP contribution in [0.15, 0.2) is 12.4 Å². The van der Waals surface area contributed by atoms with Gasteiger partial charge in [0.2, 0.25) is 0 Å². The summed E-state index contributed by atoms with van der Waals surface area (Å²) in [6.07, 6.45) is 5.54. The fourth-order valence-corrected chi connectivity index (χ4v) is 1.05. The Hall–Kier alpha value is -1.38. The van der Waals surface area contributed by atoms with Crippen molar-refractivity contribution in [3.8, 4) is 0 Å². The van der Waals surface area contributed by atoms with Gasteiger partial charge in [-0.1, -0.05) is 12.2 Å². The lowest BCUT2D eigenvalue weighted by Gasteiger charge is -2.05. The molecule has 0 fully saturated rings. The highest BCUT2D eigenvalue weighted by Gasteiger charge is 2.01. The second kappa shape index (κ2) is 3.85. The molecule has 1 heterocycles. The van der Waals surface area contributed by atoms with Gasteiger partial charge < -0.3 is 5.32 Å². The standard InChI is InChI=1S/C9H13N3/c1-4-5-8-7(2)11-6-12-9(8)10-3/h4-6H,1-3H3,(H,10,11,12)/b5-4-. The van der Waals surface area contributed by atoms with Crippen LogP contribution in [0.4, 0.5) is 5.82 Å². The van der Waals surface area contributed by atoms with E-state index < -0.39 is 0 Å². The van der Waals surface area contributed by atoms with Crippen LogP contribution in [0.1, 0.15) is 18.2 Å². The number of aryl methyl sites for hydroxylation is 1. The summed E-state index contributed by atoms with van der Waals surface area (Å²) in [4.78, 5) is 8.21. The van der Waals surface area contributed by atoms with Crippen LogP contribution >= 0.6 is 0 Å². The smallest absolute Gasteiger partial charge is 0.136 e. The molecule has 0 spiro atoms. The van der Waals surface area contributed by atoms with Crippen LogP contribution in [0.25, 0.3) is 6.08 Å². The number of anilines is 1. The highest BCUT2D eigenvalue weighted by atomic mass is 15.0.